The van der Waals surface area contributed by atoms with Gasteiger partial charge in [-0.05, 0) is 63.1 Å². The first-order valence-corrected chi connectivity index (χ1v) is 12.3. The maximum absolute atomic E-state index is 14.2. The second kappa shape index (κ2) is 10.2. The molecular formula is C26H30FN5O4. The minimum Gasteiger partial charge on any atom is -0.493 e. The van der Waals surface area contributed by atoms with Gasteiger partial charge in [-0.2, -0.15) is 0 Å². The summed E-state index contributed by atoms with van der Waals surface area (Å²) in [7, 11) is 1.48. The lowest BCUT2D eigenvalue weighted by Crippen LogP contribution is -2.38. The molecule has 0 saturated heterocycles. The molecule has 2 unspecified atom stereocenters. The van der Waals surface area contributed by atoms with Gasteiger partial charge < -0.3 is 25.1 Å². The summed E-state index contributed by atoms with van der Waals surface area (Å²) in [5.74, 6) is 0.282. The predicted octanol–water partition coefficient (Wildman–Crippen LogP) is 3.27. The minimum absolute atomic E-state index is 0.00187. The highest BCUT2D eigenvalue weighted by Gasteiger charge is 2.29. The molecule has 0 bridgehead atoms. The van der Waals surface area contributed by atoms with Gasteiger partial charge in [0.1, 0.15) is 35.7 Å². The first-order chi connectivity index (χ1) is 17.4. The molecule has 3 N–H and O–H groups in total. The molecule has 2 heterocycles. The van der Waals surface area contributed by atoms with Gasteiger partial charge in [-0.3, -0.25) is 9.59 Å². The minimum atomic E-state index is -0.398. The number of aryl methyl sites for hydroxylation is 1. The maximum Gasteiger partial charge on any atom is 0.255 e. The van der Waals surface area contributed by atoms with Crippen LogP contribution < -0.4 is 15.4 Å². The number of aromatic nitrogens is 3. The quantitative estimate of drug-likeness (QED) is 0.419. The number of hydrogen-bond donors (Lipinski definition) is 3. The van der Waals surface area contributed by atoms with Gasteiger partial charge >= 0.3 is 0 Å². The summed E-state index contributed by atoms with van der Waals surface area (Å²) in [6.45, 7) is 2.40. The number of benzene rings is 1. The highest BCUT2D eigenvalue weighted by Crippen LogP contribution is 2.37. The standard InChI is InChI=1S/C26H30FN5O4/c1-14-22(26(34)32-18-7-6-17(10-18)31-21(33)12-35-2)24-25(30-14)23(28-13-29-24)19-9-16(27)5-8-20(19)36-11-15-3-4-15/h5,8-9,13,15,17-18,30H,3-4,6-7,10-12H2,1-2H3,(H,31,33)(H,32,34). The van der Waals surface area contributed by atoms with Crippen molar-refractivity contribution in [3.63, 3.8) is 0 Å². The topological polar surface area (TPSA) is 118 Å². The van der Waals surface area contributed by atoms with E-state index in [4.69, 9.17) is 9.47 Å². The molecule has 2 atom stereocenters. The summed E-state index contributed by atoms with van der Waals surface area (Å²) in [6, 6.07) is 4.32. The van der Waals surface area contributed by atoms with Crippen molar-refractivity contribution < 1.29 is 23.5 Å². The molecule has 0 radical (unpaired) electrons. The zero-order valence-electron chi connectivity index (χ0n) is 20.4. The number of amides is 2. The van der Waals surface area contributed by atoms with Crippen molar-refractivity contribution in [1.82, 2.24) is 25.6 Å². The van der Waals surface area contributed by atoms with E-state index in [0.29, 0.717) is 58.2 Å². The lowest BCUT2D eigenvalue weighted by molar-refractivity contribution is -0.125. The summed E-state index contributed by atoms with van der Waals surface area (Å²) < 4.78 is 25.1. The van der Waals surface area contributed by atoms with Crippen molar-refractivity contribution in [1.29, 1.82) is 0 Å². The molecule has 36 heavy (non-hydrogen) atoms. The Balaban J connectivity index is 1.38. The predicted molar refractivity (Wildman–Crippen MR) is 131 cm³/mol. The summed E-state index contributed by atoms with van der Waals surface area (Å²) in [5, 5.41) is 6.01. The van der Waals surface area contributed by atoms with Gasteiger partial charge in [0.15, 0.2) is 0 Å². The van der Waals surface area contributed by atoms with Crippen molar-refractivity contribution >= 4 is 22.8 Å². The van der Waals surface area contributed by atoms with Crippen molar-refractivity contribution in [2.75, 3.05) is 20.3 Å². The van der Waals surface area contributed by atoms with E-state index >= 15 is 0 Å². The third-order valence-electron chi connectivity index (χ3n) is 6.78. The van der Waals surface area contributed by atoms with Gasteiger partial charge in [0.25, 0.3) is 5.91 Å². The van der Waals surface area contributed by atoms with Crippen molar-refractivity contribution in [2.45, 2.75) is 51.1 Å². The van der Waals surface area contributed by atoms with Crippen LogP contribution in [0, 0.1) is 18.7 Å². The summed E-state index contributed by atoms with van der Waals surface area (Å²) in [4.78, 5) is 37.1. The van der Waals surface area contributed by atoms with Gasteiger partial charge in [-0.15, -0.1) is 0 Å². The van der Waals surface area contributed by atoms with E-state index in [1.165, 1.54) is 25.6 Å². The first-order valence-electron chi connectivity index (χ1n) is 12.3. The van der Waals surface area contributed by atoms with Crippen molar-refractivity contribution in [3.05, 3.63) is 41.6 Å². The van der Waals surface area contributed by atoms with E-state index in [2.05, 4.69) is 25.6 Å². The summed E-state index contributed by atoms with van der Waals surface area (Å²) >= 11 is 0. The Morgan fingerprint density at radius 1 is 1.14 bits per heavy atom. The molecule has 10 heteroatoms. The third kappa shape index (κ3) is 5.18. The molecule has 190 valence electrons. The lowest BCUT2D eigenvalue weighted by Gasteiger charge is -2.15. The molecular weight excluding hydrogens is 465 g/mol. The van der Waals surface area contributed by atoms with Gasteiger partial charge in [0, 0.05) is 30.5 Å². The number of aromatic amines is 1. The Morgan fingerprint density at radius 2 is 1.92 bits per heavy atom. The number of carbonyl (C=O) groups excluding carboxylic acids is 2. The maximum atomic E-state index is 14.2. The Kier molecular flexibility index (Phi) is 6.86. The molecule has 2 aliphatic carbocycles. The smallest absolute Gasteiger partial charge is 0.255 e. The molecule has 0 spiro atoms. The van der Waals surface area contributed by atoms with Crippen molar-refractivity contribution in [3.8, 4) is 17.0 Å². The van der Waals surface area contributed by atoms with Gasteiger partial charge in [0.05, 0.1) is 17.7 Å². The fourth-order valence-electron chi connectivity index (χ4n) is 4.81. The summed E-state index contributed by atoms with van der Waals surface area (Å²) in [5.41, 5.74) is 3.09. The molecule has 2 fully saturated rings. The number of methoxy groups -OCH3 is 1. The molecule has 1 aromatic carbocycles. The van der Waals surface area contributed by atoms with Crippen molar-refractivity contribution in [2.24, 2.45) is 5.92 Å². The number of H-pyrrole nitrogens is 1. The van der Waals surface area contributed by atoms with Crippen LogP contribution in [0.3, 0.4) is 0 Å². The number of ether oxygens (including phenoxy) is 2. The van der Waals surface area contributed by atoms with E-state index in [-0.39, 0.29) is 30.5 Å². The van der Waals surface area contributed by atoms with Crippen LogP contribution in [-0.2, 0) is 9.53 Å². The van der Waals surface area contributed by atoms with E-state index in [1.54, 1.807) is 13.0 Å². The normalized spacial score (nSPS) is 19.4. The average molecular weight is 496 g/mol. The van der Waals surface area contributed by atoms with Gasteiger partial charge in [0.2, 0.25) is 5.91 Å². The zero-order valence-corrected chi connectivity index (χ0v) is 20.4. The molecule has 2 saturated carbocycles. The number of nitrogens with zero attached hydrogens (tertiary/aromatic N) is 2. The number of hydrogen-bond acceptors (Lipinski definition) is 6. The van der Waals surface area contributed by atoms with Crippen LogP contribution in [-0.4, -0.2) is 59.2 Å². The highest BCUT2D eigenvalue weighted by molar-refractivity contribution is 6.09. The Bertz CT molecular complexity index is 1290. The van der Waals surface area contributed by atoms with Crippen LogP contribution in [0.15, 0.2) is 24.5 Å². The largest absolute Gasteiger partial charge is 0.493 e. The first kappa shape index (κ1) is 24.2. The van der Waals surface area contributed by atoms with Gasteiger partial charge in [-0.25, -0.2) is 14.4 Å². The molecule has 9 nitrogen and oxygen atoms in total. The van der Waals surface area contributed by atoms with Crippen LogP contribution in [0.25, 0.3) is 22.3 Å². The Hall–Kier alpha value is -3.53. The fraction of sp³-hybridized carbons (Fsp3) is 0.462. The third-order valence-corrected chi connectivity index (χ3v) is 6.78. The van der Waals surface area contributed by atoms with E-state index in [9.17, 15) is 14.0 Å². The lowest BCUT2D eigenvalue weighted by atomic mass is 10.1. The van der Waals surface area contributed by atoms with Crippen LogP contribution in [0.4, 0.5) is 4.39 Å². The summed E-state index contributed by atoms with van der Waals surface area (Å²) in [6.07, 6.45) is 5.86. The fourth-order valence-corrected chi connectivity index (χ4v) is 4.81. The van der Waals surface area contributed by atoms with E-state index in [1.807, 2.05) is 0 Å². The molecule has 2 amide bonds. The highest BCUT2D eigenvalue weighted by atomic mass is 19.1. The van der Waals surface area contributed by atoms with E-state index in [0.717, 1.165) is 25.7 Å². The van der Waals surface area contributed by atoms with Crippen LogP contribution >= 0.6 is 0 Å². The SMILES string of the molecule is COCC(=O)NC1CCC(NC(=O)c2c(C)[nH]c3c(-c4cc(F)ccc4OCC4CC4)ncnc23)C1. The molecule has 2 aromatic heterocycles. The van der Waals surface area contributed by atoms with Crippen LogP contribution in [0.1, 0.15) is 48.2 Å². The second-order valence-corrected chi connectivity index (χ2v) is 9.65. The average Bonchev–Trinajstić information content (AvgIpc) is 3.47. The number of fused-ring (bicyclic) bond motifs is 1. The Labute approximate surface area is 208 Å². The zero-order chi connectivity index (χ0) is 25.2. The molecule has 5 rings (SSSR count). The van der Waals surface area contributed by atoms with Gasteiger partial charge in [-0.1, -0.05) is 0 Å². The Morgan fingerprint density at radius 3 is 2.67 bits per heavy atom. The molecule has 0 aliphatic heterocycles. The second-order valence-electron chi connectivity index (χ2n) is 9.65. The molecule has 2 aliphatic rings. The number of nitrogens with one attached hydrogen (secondary N) is 3. The monoisotopic (exact) mass is 495 g/mol. The molecule has 3 aromatic rings. The van der Waals surface area contributed by atoms with Crippen LogP contribution in [0.2, 0.25) is 0 Å². The van der Waals surface area contributed by atoms with Crippen LogP contribution in [0.5, 0.6) is 5.75 Å². The van der Waals surface area contributed by atoms with E-state index < -0.39 is 5.82 Å². The number of halogens is 1. The number of rotatable bonds is 9. The number of carbonyl (C=O) groups is 2.